The molecule has 0 aliphatic heterocycles. The molecule has 1 atom stereocenters. The average molecular weight is 421 g/mol. The van der Waals surface area contributed by atoms with Crippen LogP contribution in [0.25, 0.3) is 0 Å². The molecule has 0 radical (unpaired) electrons. The van der Waals surface area contributed by atoms with Gasteiger partial charge in [-0.1, -0.05) is 54.4 Å². The van der Waals surface area contributed by atoms with Crippen molar-refractivity contribution in [1.82, 2.24) is 0 Å². The Labute approximate surface area is 170 Å². The van der Waals surface area contributed by atoms with E-state index in [0.717, 1.165) is 0 Å². The van der Waals surface area contributed by atoms with Crippen LogP contribution in [-0.4, -0.2) is 52.3 Å². The number of ether oxygens (including phenoxy) is 3. The third-order valence-electron chi connectivity index (χ3n) is 5.08. The third kappa shape index (κ3) is 7.14. The van der Waals surface area contributed by atoms with E-state index in [9.17, 15) is 13.9 Å². The summed E-state index contributed by atoms with van der Waals surface area (Å²) in [4.78, 5) is 0. The van der Waals surface area contributed by atoms with Crippen LogP contribution in [0, 0.1) is 11.5 Å². The van der Waals surface area contributed by atoms with Gasteiger partial charge in [-0.05, 0) is 29.1 Å². The fraction of sp³-hybridized carbons (Fsp3) is 0.810. The molecule has 0 saturated carbocycles. The van der Waals surface area contributed by atoms with Crippen LogP contribution in [0.4, 0.5) is 8.78 Å². The summed E-state index contributed by atoms with van der Waals surface area (Å²) in [6, 6.07) is 0. The molecule has 0 rings (SSSR count). The van der Waals surface area contributed by atoms with Crippen molar-refractivity contribution in [1.29, 1.82) is 0 Å². The molecule has 0 aromatic heterocycles. The Bertz CT molecular complexity index is 514. The highest BCUT2D eigenvalue weighted by atomic mass is 28.3. The van der Waals surface area contributed by atoms with E-state index in [2.05, 4.69) is 53.0 Å². The topological polar surface area (TPSA) is 47.9 Å². The minimum atomic E-state index is -3.61. The predicted octanol–water partition coefficient (Wildman–Crippen LogP) is 5.14. The minimum Gasteiger partial charge on any atom is -0.466 e. The van der Waals surface area contributed by atoms with Gasteiger partial charge < -0.3 is 19.3 Å². The molecule has 28 heavy (non-hydrogen) atoms. The Balaban J connectivity index is 5.53. The summed E-state index contributed by atoms with van der Waals surface area (Å²) in [6.45, 7) is 14.5. The number of alkyl halides is 2. The highest BCUT2D eigenvalue weighted by molar-refractivity contribution is 6.90. The number of hydrogen-bond acceptors (Lipinski definition) is 4. The molecule has 1 N–H and O–H groups in total. The number of aliphatic hydroxyl groups is 1. The first-order valence-corrected chi connectivity index (χ1v) is 12.2. The van der Waals surface area contributed by atoms with E-state index in [1.165, 1.54) is 13.2 Å². The van der Waals surface area contributed by atoms with Gasteiger partial charge in [-0.25, -0.2) is 0 Å². The Morgan fingerprint density at radius 1 is 1.07 bits per heavy atom. The van der Waals surface area contributed by atoms with Gasteiger partial charge in [0.25, 0.3) is 0 Å². The largest absolute Gasteiger partial charge is 0.466 e. The molecule has 0 fully saturated rings. The van der Waals surface area contributed by atoms with Crippen molar-refractivity contribution >= 4 is 8.07 Å². The number of hydrogen-bond donors (Lipinski definition) is 1. The summed E-state index contributed by atoms with van der Waals surface area (Å²) in [5, 5.41) is 10.2. The van der Waals surface area contributed by atoms with Crippen LogP contribution < -0.4 is 0 Å². The van der Waals surface area contributed by atoms with Gasteiger partial charge in [0.1, 0.15) is 8.07 Å². The SMILES string of the molecule is CC/C=C(\OCOCCOC)C(F)(F)C(O)C#C[Si](C(C)C)(C(C)C)C(C)C. The zero-order valence-corrected chi connectivity index (χ0v) is 19.6. The van der Waals surface area contributed by atoms with Crippen LogP contribution in [0.5, 0.6) is 0 Å². The summed E-state index contributed by atoms with van der Waals surface area (Å²) in [5.41, 5.74) is 4.01. The smallest absolute Gasteiger partial charge is 0.340 e. The first-order valence-electron chi connectivity index (χ1n) is 9.96. The van der Waals surface area contributed by atoms with E-state index in [1.54, 1.807) is 6.92 Å². The molecule has 0 aromatic carbocycles. The van der Waals surface area contributed by atoms with E-state index in [4.69, 9.17) is 14.2 Å². The Kier molecular flexibility index (Phi) is 12.2. The predicted molar refractivity (Wildman–Crippen MR) is 112 cm³/mol. The van der Waals surface area contributed by atoms with E-state index in [-0.39, 0.29) is 30.0 Å². The maximum atomic E-state index is 14.8. The quantitative estimate of drug-likeness (QED) is 0.156. The number of halogens is 2. The van der Waals surface area contributed by atoms with Crippen LogP contribution in [0.1, 0.15) is 54.9 Å². The molecule has 0 amide bonds. The zero-order chi connectivity index (χ0) is 22.0. The van der Waals surface area contributed by atoms with Crippen molar-refractivity contribution in [2.45, 2.75) is 83.5 Å². The lowest BCUT2D eigenvalue weighted by molar-refractivity contribution is -0.121. The molecule has 0 saturated heterocycles. The summed E-state index contributed by atoms with van der Waals surface area (Å²) in [7, 11) is -0.698. The van der Waals surface area contributed by atoms with Crippen LogP contribution in [-0.2, 0) is 14.2 Å². The second-order valence-electron chi connectivity index (χ2n) is 7.83. The number of allylic oxidation sites excluding steroid dienone is 1. The molecule has 0 aliphatic carbocycles. The van der Waals surface area contributed by atoms with E-state index < -0.39 is 25.9 Å². The van der Waals surface area contributed by atoms with Crippen molar-refractivity contribution in [2.75, 3.05) is 27.1 Å². The van der Waals surface area contributed by atoms with Crippen molar-refractivity contribution in [3.8, 4) is 11.5 Å². The fourth-order valence-corrected chi connectivity index (χ4v) is 8.89. The molecule has 0 aliphatic rings. The first kappa shape index (κ1) is 27.1. The van der Waals surface area contributed by atoms with E-state index >= 15 is 0 Å². The Morgan fingerprint density at radius 3 is 2.04 bits per heavy atom. The molecule has 7 heteroatoms. The van der Waals surface area contributed by atoms with Gasteiger partial charge in [-0.3, -0.25) is 0 Å². The van der Waals surface area contributed by atoms with Gasteiger partial charge in [0.05, 0.1) is 13.2 Å². The monoisotopic (exact) mass is 420 g/mol. The normalized spacial score (nSPS) is 14.4. The summed E-state index contributed by atoms with van der Waals surface area (Å²) < 4.78 is 44.7. The lowest BCUT2D eigenvalue weighted by Crippen LogP contribution is -2.44. The summed E-state index contributed by atoms with van der Waals surface area (Å²) in [6.07, 6.45) is -0.540. The third-order valence-corrected chi connectivity index (χ3v) is 11.4. The second-order valence-corrected chi connectivity index (χ2v) is 13.4. The molecule has 0 aromatic rings. The molecule has 1 unspecified atom stereocenters. The molecule has 0 heterocycles. The van der Waals surface area contributed by atoms with Crippen LogP contribution in [0.2, 0.25) is 16.6 Å². The van der Waals surface area contributed by atoms with Gasteiger partial charge in [0.15, 0.2) is 18.7 Å². The summed E-state index contributed by atoms with van der Waals surface area (Å²) in [5.74, 6) is -1.73. The number of aliphatic hydroxyl groups excluding tert-OH is 1. The van der Waals surface area contributed by atoms with E-state index in [0.29, 0.717) is 13.0 Å². The molecular weight excluding hydrogens is 382 g/mol. The van der Waals surface area contributed by atoms with Crippen LogP contribution >= 0.6 is 0 Å². The molecule has 4 nitrogen and oxygen atoms in total. The van der Waals surface area contributed by atoms with Crippen molar-refractivity contribution in [3.05, 3.63) is 11.8 Å². The van der Waals surface area contributed by atoms with Gasteiger partial charge >= 0.3 is 5.92 Å². The Morgan fingerprint density at radius 2 is 1.61 bits per heavy atom. The zero-order valence-electron chi connectivity index (χ0n) is 18.6. The van der Waals surface area contributed by atoms with Gasteiger partial charge in [0.2, 0.25) is 0 Å². The van der Waals surface area contributed by atoms with Crippen LogP contribution in [0.3, 0.4) is 0 Å². The minimum absolute atomic E-state index is 0.231. The first-order chi connectivity index (χ1) is 13.0. The molecular formula is C21H38F2O4Si. The fourth-order valence-electron chi connectivity index (χ4n) is 3.63. The summed E-state index contributed by atoms with van der Waals surface area (Å²) >= 11 is 0. The van der Waals surface area contributed by atoms with Crippen molar-refractivity contribution in [2.24, 2.45) is 0 Å². The van der Waals surface area contributed by atoms with Crippen molar-refractivity contribution in [3.63, 3.8) is 0 Å². The second kappa shape index (κ2) is 12.6. The number of rotatable bonds is 12. The van der Waals surface area contributed by atoms with E-state index in [1.807, 2.05) is 0 Å². The van der Waals surface area contributed by atoms with Gasteiger partial charge in [-0.2, -0.15) is 8.78 Å². The molecule has 0 bridgehead atoms. The van der Waals surface area contributed by atoms with Crippen molar-refractivity contribution < 1.29 is 28.1 Å². The highest BCUT2D eigenvalue weighted by Crippen LogP contribution is 2.41. The lowest BCUT2D eigenvalue weighted by Gasteiger charge is -2.38. The highest BCUT2D eigenvalue weighted by Gasteiger charge is 2.45. The average Bonchev–Trinajstić information content (AvgIpc) is 2.59. The Hall–Kier alpha value is -0.943. The van der Waals surface area contributed by atoms with Gasteiger partial charge in [-0.15, -0.1) is 5.54 Å². The van der Waals surface area contributed by atoms with Crippen LogP contribution in [0.15, 0.2) is 11.8 Å². The number of methoxy groups -OCH3 is 1. The molecule has 164 valence electrons. The van der Waals surface area contributed by atoms with Gasteiger partial charge in [0, 0.05) is 7.11 Å². The maximum absolute atomic E-state index is 14.8. The standard InChI is InChI=1S/C21H38F2O4Si/c1-9-10-20(27-15-26-13-12-25-8)21(22,23)19(24)11-14-28(16(2)3,17(4)5)18(6)7/h10,16-19,24H,9,12-13,15H2,1-8H3/b20-10-. The maximum Gasteiger partial charge on any atom is 0.340 e. The lowest BCUT2D eigenvalue weighted by atomic mass is 10.1. The molecule has 0 spiro atoms.